The van der Waals surface area contributed by atoms with Crippen LogP contribution in [0, 0.1) is 6.92 Å². The molecule has 1 aromatic heterocycles. The molecule has 1 atom stereocenters. The fourth-order valence-corrected chi connectivity index (χ4v) is 3.06. The summed E-state index contributed by atoms with van der Waals surface area (Å²) in [5, 5.41) is 5.74. The van der Waals surface area contributed by atoms with Crippen LogP contribution in [-0.2, 0) is 11.3 Å². The Hall–Kier alpha value is -2.89. The number of aromatic nitrogens is 1. The molecule has 6 nitrogen and oxygen atoms in total. The van der Waals surface area contributed by atoms with Gasteiger partial charge in [0.2, 0.25) is 5.91 Å². The highest BCUT2D eigenvalue weighted by Gasteiger charge is 2.21. The summed E-state index contributed by atoms with van der Waals surface area (Å²) in [6.45, 7) is 5.02. The molecule has 1 saturated heterocycles. The summed E-state index contributed by atoms with van der Waals surface area (Å²) < 4.78 is 0. The fraction of sp³-hybridized carbons (Fsp3) is 0.350. The molecule has 0 aliphatic carbocycles. The molecule has 1 aromatic carbocycles. The van der Waals surface area contributed by atoms with Gasteiger partial charge in [-0.3, -0.25) is 9.78 Å². The quantitative estimate of drug-likeness (QED) is 0.868. The number of amides is 3. The molecule has 0 bridgehead atoms. The summed E-state index contributed by atoms with van der Waals surface area (Å²) in [6.07, 6.45) is 1.53. The van der Waals surface area contributed by atoms with E-state index >= 15 is 0 Å². The molecule has 0 spiro atoms. The largest absolute Gasteiger partial charge is 0.332 e. The second kappa shape index (κ2) is 7.99. The molecule has 136 valence electrons. The Balaban J connectivity index is 1.53. The molecule has 0 saturated carbocycles. The van der Waals surface area contributed by atoms with Gasteiger partial charge in [0.05, 0.1) is 18.3 Å². The van der Waals surface area contributed by atoms with Crippen LogP contribution in [0.2, 0.25) is 0 Å². The van der Waals surface area contributed by atoms with Gasteiger partial charge in [-0.1, -0.05) is 18.2 Å². The van der Waals surface area contributed by atoms with Crippen LogP contribution in [0.1, 0.15) is 42.8 Å². The maximum atomic E-state index is 12.1. The van der Waals surface area contributed by atoms with Crippen LogP contribution in [0.25, 0.3) is 0 Å². The molecule has 6 heteroatoms. The number of nitrogens with one attached hydrogen (secondary N) is 2. The number of benzene rings is 1. The predicted molar refractivity (Wildman–Crippen MR) is 101 cm³/mol. The van der Waals surface area contributed by atoms with Crippen molar-refractivity contribution in [3.8, 4) is 0 Å². The molecule has 2 heterocycles. The average molecular weight is 352 g/mol. The van der Waals surface area contributed by atoms with Crippen molar-refractivity contribution in [3.63, 3.8) is 0 Å². The fourth-order valence-electron chi connectivity index (χ4n) is 3.06. The first-order valence-electron chi connectivity index (χ1n) is 8.90. The van der Waals surface area contributed by atoms with E-state index in [1.807, 2.05) is 61.2 Å². The van der Waals surface area contributed by atoms with Crippen LogP contribution in [-0.4, -0.2) is 23.5 Å². The number of urea groups is 1. The van der Waals surface area contributed by atoms with Gasteiger partial charge >= 0.3 is 6.03 Å². The number of aryl methyl sites for hydroxylation is 1. The number of nitrogens with zero attached hydrogens (tertiary/aromatic N) is 2. The molecule has 0 radical (unpaired) electrons. The van der Waals surface area contributed by atoms with Crippen LogP contribution in [0.4, 0.5) is 10.5 Å². The van der Waals surface area contributed by atoms with Gasteiger partial charge < -0.3 is 15.5 Å². The normalized spacial score (nSPS) is 15.0. The second-order valence-electron chi connectivity index (χ2n) is 6.56. The minimum absolute atomic E-state index is 0.135. The van der Waals surface area contributed by atoms with Crippen molar-refractivity contribution in [3.05, 3.63) is 59.4 Å². The maximum Gasteiger partial charge on any atom is 0.315 e. The molecule has 1 fully saturated rings. The molecule has 3 amide bonds. The minimum atomic E-state index is -0.236. The van der Waals surface area contributed by atoms with E-state index in [9.17, 15) is 9.59 Å². The second-order valence-corrected chi connectivity index (χ2v) is 6.56. The van der Waals surface area contributed by atoms with E-state index < -0.39 is 0 Å². The third kappa shape index (κ3) is 4.39. The summed E-state index contributed by atoms with van der Waals surface area (Å²) in [5.74, 6) is 0.174. The van der Waals surface area contributed by atoms with Crippen molar-refractivity contribution >= 4 is 17.6 Å². The molecular weight excluding hydrogens is 328 g/mol. The van der Waals surface area contributed by atoms with Gasteiger partial charge in [-0.25, -0.2) is 4.79 Å². The Kier molecular flexibility index (Phi) is 5.51. The van der Waals surface area contributed by atoms with E-state index in [0.29, 0.717) is 13.0 Å². The number of anilines is 1. The van der Waals surface area contributed by atoms with Crippen LogP contribution in [0.3, 0.4) is 0 Å². The van der Waals surface area contributed by atoms with Gasteiger partial charge in [0.1, 0.15) is 0 Å². The number of rotatable bonds is 5. The van der Waals surface area contributed by atoms with E-state index in [-0.39, 0.29) is 18.0 Å². The monoisotopic (exact) mass is 352 g/mol. The third-order valence-electron chi connectivity index (χ3n) is 4.50. The van der Waals surface area contributed by atoms with Gasteiger partial charge in [0, 0.05) is 24.3 Å². The Morgan fingerprint density at radius 3 is 2.65 bits per heavy atom. The SMILES string of the molecule is Cc1cccc(CNC(=O)NC(C)c2ccc(N3CCCC3=O)cc2)n1. The molecule has 1 unspecified atom stereocenters. The van der Waals surface area contributed by atoms with Crippen molar-refractivity contribution in [2.75, 3.05) is 11.4 Å². The number of hydrogen-bond donors (Lipinski definition) is 2. The van der Waals surface area contributed by atoms with Gasteiger partial charge in [0.25, 0.3) is 0 Å². The Labute approximate surface area is 153 Å². The minimum Gasteiger partial charge on any atom is -0.332 e. The zero-order chi connectivity index (χ0) is 18.5. The van der Waals surface area contributed by atoms with Gasteiger partial charge in [-0.05, 0) is 50.1 Å². The Morgan fingerprint density at radius 2 is 2.00 bits per heavy atom. The van der Waals surface area contributed by atoms with Gasteiger partial charge in [0.15, 0.2) is 0 Å². The van der Waals surface area contributed by atoms with E-state index in [1.165, 1.54) is 0 Å². The molecule has 3 rings (SSSR count). The van der Waals surface area contributed by atoms with Crippen LogP contribution >= 0.6 is 0 Å². The molecule has 2 aromatic rings. The standard InChI is InChI=1S/C20H24N4O2/c1-14-5-3-6-17(22-14)13-21-20(26)23-15(2)16-8-10-18(11-9-16)24-12-4-7-19(24)25/h3,5-6,8-11,15H,4,7,12-13H2,1-2H3,(H2,21,23,26). The van der Waals surface area contributed by atoms with E-state index in [1.54, 1.807) is 0 Å². The summed E-state index contributed by atoms with van der Waals surface area (Å²) >= 11 is 0. The van der Waals surface area contributed by atoms with Crippen molar-refractivity contribution < 1.29 is 9.59 Å². The lowest BCUT2D eigenvalue weighted by Gasteiger charge is -2.18. The first-order valence-corrected chi connectivity index (χ1v) is 8.90. The summed E-state index contributed by atoms with van der Waals surface area (Å²) in [7, 11) is 0. The lowest BCUT2D eigenvalue weighted by atomic mass is 10.1. The lowest BCUT2D eigenvalue weighted by molar-refractivity contribution is -0.117. The lowest BCUT2D eigenvalue weighted by Crippen LogP contribution is -2.36. The number of carbonyl (C=O) groups is 2. The highest BCUT2D eigenvalue weighted by Crippen LogP contribution is 2.23. The Bertz CT molecular complexity index is 789. The van der Waals surface area contributed by atoms with E-state index in [4.69, 9.17) is 0 Å². The molecule has 26 heavy (non-hydrogen) atoms. The zero-order valence-electron chi connectivity index (χ0n) is 15.2. The molecular formula is C20H24N4O2. The van der Waals surface area contributed by atoms with Gasteiger partial charge in [-0.15, -0.1) is 0 Å². The van der Waals surface area contributed by atoms with Crippen LogP contribution < -0.4 is 15.5 Å². The van der Waals surface area contributed by atoms with Crippen molar-refractivity contribution in [1.82, 2.24) is 15.6 Å². The summed E-state index contributed by atoms with van der Waals surface area (Å²) in [4.78, 5) is 30.1. The number of carbonyl (C=O) groups excluding carboxylic acids is 2. The van der Waals surface area contributed by atoms with Crippen molar-refractivity contribution in [2.45, 2.75) is 39.3 Å². The highest BCUT2D eigenvalue weighted by molar-refractivity contribution is 5.95. The number of hydrogen-bond acceptors (Lipinski definition) is 3. The van der Waals surface area contributed by atoms with E-state index in [2.05, 4.69) is 15.6 Å². The Morgan fingerprint density at radius 1 is 1.23 bits per heavy atom. The third-order valence-corrected chi connectivity index (χ3v) is 4.50. The molecule has 1 aliphatic heterocycles. The van der Waals surface area contributed by atoms with Crippen LogP contribution in [0.5, 0.6) is 0 Å². The smallest absolute Gasteiger partial charge is 0.315 e. The first-order chi connectivity index (χ1) is 12.5. The molecule has 2 N–H and O–H groups in total. The maximum absolute atomic E-state index is 12.1. The van der Waals surface area contributed by atoms with Crippen LogP contribution in [0.15, 0.2) is 42.5 Å². The molecule has 1 aliphatic rings. The summed E-state index contributed by atoms with van der Waals surface area (Å²) in [5.41, 5.74) is 3.66. The number of pyridine rings is 1. The average Bonchev–Trinajstić information content (AvgIpc) is 3.06. The highest BCUT2D eigenvalue weighted by atomic mass is 16.2. The topological polar surface area (TPSA) is 74.3 Å². The predicted octanol–water partition coefficient (Wildman–Crippen LogP) is 3.08. The zero-order valence-corrected chi connectivity index (χ0v) is 15.2. The summed E-state index contributed by atoms with van der Waals surface area (Å²) in [6, 6.07) is 13.1. The first kappa shape index (κ1) is 17.9. The van der Waals surface area contributed by atoms with Crippen molar-refractivity contribution in [1.29, 1.82) is 0 Å². The van der Waals surface area contributed by atoms with Gasteiger partial charge in [-0.2, -0.15) is 0 Å². The van der Waals surface area contributed by atoms with Crippen molar-refractivity contribution in [2.24, 2.45) is 0 Å². The van der Waals surface area contributed by atoms with E-state index in [0.717, 1.165) is 35.6 Å².